The third-order valence-electron chi connectivity index (χ3n) is 3.72. The van der Waals surface area contributed by atoms with Crippen LogP contribution < -0.4 is 5.32 Å². The first-order chi connectivity index (χ1) is 10.8. The summed E-state index contributed by atoms with van der Waals surface area (Å²) in [7, 11) is 0. The quantitative estimate of drug-likeness (QED) is 0.807. The highest BCUT2D eigenvalue weighted by Crippen LogP contribution is 2.19. The number of amides is 1. The lowest BCUT2D eigenvalue weighted by atomic mass is 9.98. The van der Waals surface area contributed by atoms with Crippen molar-refractivity contribution >= 4 is 22.0 Å². The summed E-state index contributed by atoms with van der Waals surface area (Å²) in [5, 5.41) is 3.48. The van der Waals surface area contributed by atoms with Gasteiger partial charge in [0.1, 0.15) is 10.2 Å². The second-order valence-electron chi connectivity index (χ2n) is 7.05. The number of nitrogens with zero attached hydrogens (tertiary/aromatic N) is 2. The zero-order chi connectivity index (χ0) is 16.9. The van der Waals surface area contributed by atoms with Crippen molar-refractivity contribution in [2.45, 2.75) is 45.8 Å². The summed E-state index contributed by atoms with van der Waals surface area (Å²) in [5.41, 5.74) is 0.767. The lowest BCUT2D eigenvalue weighted by Gasteiger charge is -2.34. The molecule has 0 aliphatic carbocycles. The van der Waals surface area contributed by atoms with Crippen molar-refractivity contribution in [2.75, 3.05) is 19.6 Å². The van der Waals surface area contributed by atoms with Gasteiger partial charge in [0.05, 0.1) is 0 Å². The Hall–Kier alpha value is -1.14. The molecule has 128 valence electrons. The van der Waals surface area contributed by atoms with Gasteiger partial charge in [0.2, 0.25) is 0 Å². The molecule has 23 heavy (non-hydrogen) atoms. The number of hydrogen-bond donors (Lipinski definition) is 1. The lowest BCUT2D eigenvalue weighted by Crippen LogP contribution is -2.45. The standard InChI is InChI=1S/C17H26BrN3O2/c1-17(2,3)23-16(22)21-8-4-5-14(12-21)11-19-10-13-6-7-20-15(18)9-13/h6-7,9,14,19H,4-5,8,10-12H2,1-3H3. The minimum Gasteiger partial charge on any atom is -0.444 e. The average Bonchev–Trinajstić information content (AvgIpc) is 2.46. The SMILES string of the molecule is CC(C)(C)OC(=O)N1CCCC(CNCc2ccnc(Br)c2)C1. The van der Waals surface area contributed by atoms with E-state index in [0.717, 1.165) is 43.6 Å². The maximum Gasteiger partial charge on any atom is 0.410 e. The number of carbonyl (C=O) groups excluding carboxylic acids is 1. The van der Waals surface area contributed by atoms with Crippen LogP contribution in [-0.4, -0.2) is 41.2 Å². The van der Waals surface area contributed by atoms with Crippen LogP contribution in [0.2, 0.25) is 0 Å². The summed E-state index contributed by atoms with van der Waals surface area (Å²) in [6.07, 6.45) is 3.78. The van der Waals surface area contributed by atoms with Crippen LogP contribution in [0.3, 0.4) is 0 Å². The Bertz CT molecular complexity index is 531. The van der Waals surface area contributed by atoms with E-state index in [1.807, 2.05) is 37.8 Å². The monoisotopic (exact) mass is 383 g/mol. The molecule has 1 aliphatic rings. The number of piperidine rings is 1. The predicted octanol–water partition coefficient (Wildman–Crippen LogP) is 3.58. The summed E-state index contributed by atoms with van der Waals surface area (Å²) in [6.45, 7) is 8.98. The zero-order valence-corrected chi connectivity index (χ0v) is 15.7. The first-order valence-corrected chi connectivity index (χ1v) is 8.92. The maximum absolute atomic E-state index is 12.2. The van der Waals surface area contributed by atoms with E-state index in [2.05, 4.69) is 26.2 Å². The van der Waals surface area contributed by atoms with E-state index in [9.17, 15) is 4.79 Å². The number of nitrogens with one attached hydrogen (secondary N) is 1. The van der Waals surface area contributed by atoms with Crippen molar-refractivity contribution in [1.29, 1.82) is 0 Å². The molecule has 1 amide bonds. The highest BCUT2D eigenvalue weighted by molar-refractivity contribution is 9.10. The fourth-order valence-electron chi connectivity index (χ4n) is 2.70. The molecule has 2 rings (SSSR count). The third kappa shape index (κ3) is 6.47. The van der Waals surface area contributed by atoms with Crippen LogP contribution in [0, 0.1) is 5.92 Å². The Labute approximate surface area is 146 Å². The smallest absolute Gasteiger partial charge is 0.410 e. The van der Waals surface area contributed by atoms with Gasteiger partial charge in [-0.1, -0.05) is 0 Å². The molecule has 1 aromatic heterocycles. The third-order valence-corrected chi connectivity index (χ3v) is 4.16. The van der Waals surface area contributed by atoms with E-state index < -0.39 is 5.60 Å². The predicted molar refractivity (Wildman–Crippen MR) is 94.2 cm³/mol. The van der Waals surface area contributed by atoms with Gasteiger partial charge in [0.25, 0.3) is 0 Å². The molecular formula is C17H26BrN3O2. The van der Waals surface area contributed by atoms with Crippen molar-refractivity contribution in [1.82, 2.24) is 15.2 Å². The highest BCUT2D eigenvalue weighted by Gasteiger charge is 2.27. The molecule has 1 N–H and O–H groups in total. The molecule has 1 saturated heterocycles. The number of halogens is 1. The first kappa shape index (κ1) is 18.2. The van der Waals surface area contributed by atoms with E-state index >= 15 is 0 Å². The number of aromatic nitrogens is 1. The van der Waals surface area contributed by atoms with Crippen LogP contribution in [0.15, 0.2) is 22.9 Å². The average molecular weight is 384 g/mol. The van der Waals surface area contributed by atoms with Gasteiger partial charge in [-0.25, -0.2) is 9.78 Å². The van der Waals surface area contributed by atoms with Crippen molar-refractivity contribution in [3.05, 3.63) is 28.5 Å². The number of likely N-dealkylation sites (tertiary alicyclic amines) is 1. The van der Waals surface area contributed by atoms with Gasteiger partial charge in [0, 0.05) is 25.8 Å². The van der Waals surface area contributed by atoms with Gasteiger partial charge in [-0.2, -0.15) is 0 Å². The number of rotatable bonds is 4. The molecule has 1 fully saturated rings. The Kier molecular flexibility index (Phi) is 6.41. The fourth-order valence-corrected chi connectivity index (χ4v) is 3.11. The second-order valence-corrected chi connectivity index (χ2v) is 7.86. The van der Waals surface area contributed by atoms with E-state index in [0.29, 0.717) is 5.92 Å². The summed E-state index contributed by atoms with van der Waals surface area (Å²) in [6, 6.07) is 4.02. The number of hydrogen-bond acceptors (Lipinski definition) is 4. The molecule has 1 unspecified atom stereocenters. The molecule has 1 atom stereocenters. The summed E-state index contributed by atoms with van der Waals surface area (Å²) >= 11 is 3.38. The van der Waals surface area contributed by atoms with Gasteiger partial charge in [-0.05, 0) is 79.7 Å². The largest absolute Gasteiger partial charge is 0.444 e. The van der Waals surface area contributed by atoms with Crippen LogP contribution in [0.5, 0.6) is 0 Å². The molecule has 0 saturated carbocycles. The highest BCUT2D eigenvalue weighted by atomic mass is 79.9. The van der Waals surface area contributed by atoms with Crippen molar-refractivity contribution in [3.63, 3.8) is 0 Å². The maximum atomic E-state index is 12.2. The molecule has 0 radical (unpaired) electrons. The normalized spacial score (nSPS) is 18.8. The molecule has 5 nitrogen and oxygen atoms in total. The van der Waals surface area contributed by atoms with Crippen LogP contribution in [0.1, 0.15) is 39.2 Å². The van der Waals surface area contributed by atoms with Gasteiger partial charge >= 0.3 is 6.09 Å². The second kappa shape index (κ2) is 8.11. The minimum absolute atomic E-state index is 0.194. The van der Waals surface area contributed by atoms with Crippen molar-refractivity contribution in [2.24, 2.45) is 5.92 Å². The number of carbonyl (C=O) groups is 1. The Balaban J connectivity index is 1.76. The van der Waals surface area contributed by atoms with Crippen LogP contribution >= 0.6 is 15.9 Å². The van der Waals surface area contributed by atoms with Crippen LogP contribution in [0.25, 0.3) is 0 Å². The summed E-state index contributed by atoms with van der Waals surface area (Å²) in [4.78, 5) is 18.1. The zero-order valence-electron chi connectivity index (χ0n) is 14.1. The molecule has 0 bridgehead atoms. The summed E-state index contributed by atoms with van der Waals surface area (Å²) < 4.78 is 6.32. The molecule has 6 heteroatoms. The van der Waals surface area contributed by atoms with E-state index in [4.69, 9.17) is 4.74 Å². The molecule has 0 spiro atoms. The van der Waals surface area contributed by atoms with Gasteiger partial charge in [-0.15, -0.1) is 0 Å². The van der Waals surface area contributed by atoms with Gasteiger partial charge < -0.3 is 15.0 Å². The van der Waals surface area contributed by atoms with E-state index in [1.54, 1.807) is 6.20 Å². The molecule has 2 heterocycles. The van der Waals surface area contributed by atoms with Crippen molar-refractivity contribution in [3.8, 4) is 0 Å². The van der Waals surface area contributed by atoms with Crippen LogP contribution in [-0.2, 0) is 11.3 Å². The van der Waals surface area contributed by atoms with Crippen LogP contribution in [0.4, 0.5) is 4.79 Å². The number of ether oxygens (including phenoxy) is 1. The van der Waals surface area contributed by atoms with Crippen molar-refractivity contribution < 1.29 is 9.53 Å². The minimum atomic E-state index is -0.434. The summed E-state index contributed by atoms with van der Waals surface area (Å²) in [5.74, 6) is 0.474. The Morgan fingerprint density at radius 1 is 1.52 bits per heavy atom. The molecule has 0 aromatic carbocycles. The Morgan fingerprint density at radius 2 is 2.30 bits per heavy atom. The topological polar surface area (TPSA) is 54.5 Å². The Morgan fingerprint density at radius 3 is 3.00 bits per heavy atom. The lowest BCUT2D eigenvalue weighted by molar-refractivity contribution is 0.0166. The van der Waals surface area contributed by atoms with Gasteiger partial charge in [0.15, 0.2) is 0 Å². The molecule has 1 aliphatic heterocycles. The molecule has 1 aromatic rings. The van der Waals surface area contributed by atoms with Gasteiger partial charge in [-0.3, -0.25) is 0 Å². The molecular weight excluding hydrogens is 358 g/mol. The number of pyridine rings is 1. The van der Waals surface area contributed by atoms with E-state index in [1.165, 1.54) is 5.56 Å². The fraction of sp³-hybridized carbons (Fsp3) is 0.647. The van der Waals surface area contributed by atoms with E-state index in [-0.39, 0.29) is 6.09 Å². The first-order valence-electron chi connectivity index (χ1n) is 8.12.